The number of rotatable bonds is 6. The molecule has 0 radical (unpaired) electrons. The summed E-state index contributed by atoms with van der Waals surface area (Å²) in [6.45, 7) is 9.62. The second kappa shape index (κ2) is 6.87. The Hall–Kier alpha value is 1.04. The van der Waals surface area contributed by atoms with Crippen molar-refractivity contribution >= 4 is 19.6 Å². The minimum absolute atomic E-state index is 0. The van der Waals surface area contributed by atoms with Crippen LogP contribution >= 0.6 is 0 Å². The van der Waals surface area contributed by atoms with Gasteiger partial charge in [-0.25, -0.2) is 0 Å². The molecule has 0 saturated heterocycles. The molecule has 0 spiro atoms. The molecular formula is C16H31ClOTe. The Bertz CT molecular complexity index is 294. The van der Waals surface area contributed by atoms with Gasteiger partial charge in [0.05, 0.1) is 0 Å². The van der Waals surface area contributed by atoms with Crippen molar-refractivity contribution in [1.82, 2.24) is 0 Å². The van der Waals surface area contributed by atoms with Gasteiger partial charge in [0.1, 0.15) is 0 Å². The third-order valence-corrected chi connectivity index (χ3v) is 13.5. The van der Waals surface area contributed by atoms with Crippen LogP contribution in [0.4, 0.5) is 0 Å². The first-order valence-corrected chi connectivity index (χ1v) is 12.7. The molecule has 2 bridgehead atoms. The van der Waals surface area contributed by atoms with Crippen LogP contribution in [0.15, 0.2) is 0 Å². The Morgan fingerprint density at radius 1 is 1.26 bits per heavy atom. The van der Waals surface area contributed by atoms with Crippen molar-refractivity contribution < 1.29 is 17.5 Å². The average Bonchev–Trinajstić information content (AvgIpc) is 2.68. The Labute approximate surface area is 133 Å². The number of aliphatic hydroxyl groups is 1. The van der Waals surface area contributed by atoms with Crippen LogP contribution in [0, 0.1) is 16.7 Å². The van der Waals surface area contributed by atoms with Crippen LogP contribution in [0.1, 0.15) is 59.8 Å². The molecule has 0 aromatic heterocycles. The standard InChI is InChI=1S/C16H31OTe.ClH/c1-5-7-10-18(6-2)12-16-9-8-13(11-14(16)17)15(16,3)4;/h13-14,17H,5-12H2,1-4H3;1H/q+1;/p-1/t13-,14-,16-;/m1./s1. The van der Waals surface area contributed by atoms with E-state index in [4.69, 9.17) is 0 Å². The minimum atomic E-state index is -0.948. The quantitative estimate of drug-likeness (QED) is 0.668. The first-order chi connectivity index (χ1) is 8.48. The Morgan fingerprint density at radius 2 is 1.95 bits per heavy atom. The van der Waals surface area contributed by atoms with Gasteiger partial charge in [0.2, 0.25) is 0 Å². The maximum Gasteiger partial charge on any atom is -1.00 e. The maximum atomic E-state index is 10.6. The molecule has 2 fully saturated rings. The van der Waals surface area contributed by atoms with Crippen LogP contribution in [0.2, 0.25) is 13.4 Å². The van der Waals surface area contributed by atoms with Gasteiger partial charge in [-0.3, -0.25) is 0 Å². The third kappa shape index (κ3) is 2.98. The van der Waals surface area contributed by atoms with Gasteiger partial charge in [-0.1, -0.05) is 0 Å². The van der Waals surface area contributed by atoms with Gasteiger partial charge in [-0.2, -0.15) is 0 Å². The Morgan fingerprint density at radius 3 is 2.37 bits per heavy atom. The molecule has 1 N–H and O–H groups in total. The van der Waals surface area contributed by atoms with Crippen molar-refractivity contribution in [3.63, 3.8) is 0 Å². The van der Waals surface area contributed by atoms with Gasteiger partial charge in [-0.15, -0.1) is 0 Å². The molecule has 0 aromatic carbocycles. The molecular weight excluding hydrogens is 371 g/mol. The van der Waals surface area contributed by atoms with Crippen LogP contribution in [-0.4, -0.2) is 30.8 Å². The van der Waals surface area contributed by atoms with Crippen LogP contribution in [0.25, 0.3) is 0 Å². The predicted octanol–water partition coefficient (Wildman–Crippen LogP) is 1.49. The second-order valence-corrected chi connectivity index (χ2v) is 14.1. The number of fused-ring (bicyclic) bond motifs is 2. The Kier molecular flexibility index (Phi) is 6.54. The summed E-state index contributed by atoms with van der Waals surface area (Å²) in [5.41, 5.74) is 0.727. The van der Waals surface area contributed by atoms with Crippen molar-refractivity contribution in [2.75, 3.05) is 0 Å². The second-order valence-electron chi connectivity index (χ2n) is 6.97. The first-order valence-electron chi connectivity index (χ1n) is 7.80. The molecule has 2 aliphatic carbocycles. The van der Waals surface area contributed by atoms with Gasteiger partial charge in [0.25, 0.3) is 0 Å². The maximum absolute atomic E-state index is 10.6. The van der Waals surface area contributed by atoms with Gasteiger partial charge < -0.3 is 12.4 Å². The fourth-order valence-corrected chi connectivity index (χ4v) is 12.3. The summed E-state index contributed by atoms with van der Waals surface area (Å²) in [7, 11) is 0. The first kappa shape index (κ1) is 18.1. The van der Waals surface area contributed by atoms with Crippen molar-refractivity contribution in [3.05, 3.63) is 0 Å². The van der Waals surface area contributed by atoms with E-state index >= 15 is 0 Å². The zero-order valence-electron chi connectivity index (χ0n) is 13.0. The van der Waals surface area contributed by atoms with E-state index < -0.39 is 19.6 Å². The van der Waals surface area contributed by atoms with Crippen molar-refractivity contribution in [3.8, 4) is 0 Å². The van der Waals surface area contributed by atoms with E-state index in [1.807, 2.05) is 0 Å². The summed E-state index contributed by atoms with van der Waals surface area (Å²) < 4.78 is 4.43. The average molecular weight is 402 g/mol. The van der Waals surface area contributed by atoms with Crippen molar-refractivity contribution in [1.29, 1.82) is 0 Å². The van der Waals surface area contributed by atoms with Crippen molar-refractivity contribution in [2.45, 2.75) is 79.3 Å². The molecule has 0 amide bonds. The van der Waals surface area contributed by atoms with Gasteiger partial charge in [0, 0.05) is 0 Å². The van der Waals surface area contributed by atoms with Crippen LogP contribution in [0.3, 0.4) is 0 Å². The molecule has 0 aromatic rings. The number of unbranched alkanes of at least 4 members (excludes halogenated alkanes) is 1. The summed E-state index contributed by atoms with van der Waals surface area (Å²) in [5.74, 6) is 0.801. The molecule has 2 saturated carbocycles. The molecule has 3 atom stereocenters. The molecule has 2 rings (SSSR count). The van der Waals surface area contributed by atoms with E-state index in [9.17, 15) is 5.11 Å². The molecule has 0 heterocycles. The molecule has 19 heavy (non-hydrogen) atoms. The minimum Gasteiger partial charge on any atom is -1.00 e. The summed E-state index contributed by atoms with van der Waals surface area (Å²) in [4.78, 5) is 0. The van der Waals surface area contributed by atoms with Gasteiger partial charge in [-0.05, 0) is 0 Å². The predicted molar refractivity (Wildman–Crippen MR) is 80.3 cm³/mol. The number of halogens is 1. The number of aliphatic hydroxyl groups excluding tert-OH is 1. The smallest absolute Gasteiger partial charge is 1.00 e. The van der Waals surface area contributed by atoms with Crippen LogP contribution in [0.5, 0.6) is 0 Å². The zero-order chi connectivity index (χ0) is 13.4. The number of hydrogen-bond donors (Lipinski definition) is 1. The summed E-state index contributed by atoms with van der Waals surface area (Å²) in [6, 6.07) is 0. The van der Waals surface area contributed by atoms with Crippen LogP contribution < -0.4 is 12.4 Å². The van der Waals surface area contributed by atoms with Crippen LogP contribution in [-0.2, 0) is 0 Å². The fourth-order valence-electron chi connectivity index (χ4n) is 4.41. The topological polar surface area (TPSA) is 20.2 Å². The largest absolute Gasteiger partial charge is 1.00 e. The summed E-state index contributed by atoms with van der Waals surface area (Å²) >= 11 is -0.948. The van der Waals surface area contributed by atoms with E-state index in [0.29, 0.717) is 10.8 Å². The normalized spacial score (nSPS) is 35.7. The summed E-state index contributed by atoms with van der Waals surface area (Å²) in [6.07, 6.45) is 6.59. The molecule has 3 heteroatoms. The van der Waals surface area contributed by atoms with Gasteiger partial charge >= 0.3 is 121 Å². The molecule has 0 aliphatic heterocycles. The molecule has 2 aliphatic rings. The zero-order valence-corrected chi connectivity index (χ0v) is 16.1. The van der Waals surface area contributed by atoms with E-state index in [1.54, 1.807) is 0 Å². The molecule has 114 valence electrons. The van der Waals surface area contributed by atoms with E-state index in [0.717, 1.165) is 12.3 Å². The monoisotopic (exact) mass is 404 g/mol. The Balaban J connectivity index is 0.00000180. The van der Waals surface area contributed by atoms with E-state index in [2.05, 4.69) is 27.7 Å². The van der Waals surface area contributed by atoms with Crippen molar-refractivity contribution in [2.24, 2.45) is 16.7 Å². The fraction of sp³-hybridized carbons (Fsp3) is 1.00. The number of hydrogen-bond acceptors (Lipinski definition) is 1. The molecule has 0 unspecified atom stereocenters. The SMILES string of the molecule is CCCC[Te+](CC)C[C@]12CC[C@H](C[C@H]1O)C2(C)C.[Cl-]. The molecule has 1 nitrogen and oxygen atoms in total. The van der Waals surface area contributed by atoms with Gasteiger partial charge in [0.15, 0.2) is 0 Å². The van der Waals surface area contributed by atoms with E-state index in [1.165, 1.54) is 39.1 Å². The third-order valence-electron chi connectivity index (χ3n) is 6.04. The van der Waals surface area contributed by atoms with E-state index in [-0.39, 0.29) is 18.5 Å². The summed E-state index contributed by atoms with van der Waals surface area (Å²) in [5, 5.41) is 10.6.